The van der Waals surface area contributed by atoms with Gasteiger partial charge in [-0.05, 0) is 0 Å². The van der Waals surface area contributed by atoms with Crippen molar-refractivity contribution in [2.75, 3.05) is 21.2 Å². The van der Waals surface area contributed by atoms with Gasteiger partial charge in [-0.1, -0.05) is 0 Å². The van der Waals surface area contributed by atoms with E-state index in [1.165, 1.54) is 13.3 Å². The molecular weight excluding hydrogens is 132 g/mol. The fourth-order valence-corrected chi connectivity index (χ4v) is 0.362. The van der Waals surface area contributed by atoms with Crippen LogP contribution in [0.1, 0.15) is 6.42 Å². The topological polar surface area (TPSA) is 41.9 Å². The summed E-state index contributed by atoms with van der Waals surface area (Å²) in [6.45, 7) is 0. The lowest BCUT2D eigenvalue weighted by molar-refractivity contribution is -0.139. The van der Waals surface area contributed by atoms with E-state index in [2.05, 4.69) is 9.84 Å². The molecule has 0 aromatic heterocycles. The van der Waals surface area contributed by atoms with E-state index in [9.17, 15) is 4.79 Å². The van der Waals surface area contributed by atoms with Crippen LogP contribution in [-0.4, -0.2) is 38.4 Å². The van der Waals surface area contributed by atoms with Crippen LogP contribution in [0.15, 0.2) is 5.10 Å². The third kappa shape index (κ3) is 5.08. The van der Waals surface area contributed by atoms with E-state index >= 15 is 0 Å². The summed E-state index contributed by atoms with van der Waals surface area (Å²) in [7, 11) is 4.92. The zero-order valence-electron chi connectivity index (χ0n) is 6.50. The maximum Gasteiger partial charge on any atom is 0.311 e. The molecule has 58 valence electrons. The number of hydrogen-bond donors (Lipinski definition) is 0. The lowest BCUT2D eigenvalue weighted by Crippen LogP contribution is -2.05. The van der Waals surface area contributed by atoms with E-state index in [0.717, 1.165) is 0 Å². The lowest BCUT2D eigenvalue weighted by atomic mass is 10.5. The van der Waals surface area contributed by atoms with Crippen molar-refractivity contribution in [1.29, 1.82) is 0 Å². The molecule has 0 atom stereocenters. The Balaban J connectivity index is 3.43. The van der Waals surface area contributed by atoms with E-state index < -0.39 is 0 Å². The van der Waals surface area contributed by atoms with Crippen LogP contribution < -0.4 is 0 Å². The van der Waals surface area contributed by atoms with Crippen molar-refractivity contribution in [1.82, 2.24) is 5.01 Å². The minimum Gasteiger partial charge on any atom is -0.469 e. The van der Waals surface area contributed by atoms with Crippen LogP contribution in [0.25, 0.3) is 0 Å². The minimum atomic E-state index is -0.273. The summed E-state index contributed by atoms with van der Waals surface area (Å²) >= 11 is 0. The highest BCUT2D eigenvalue weighted by Crippen LogP contribution is 1.80. The van der Waals surface area contributed by atoms with Gasteiger partial charge in [-0.25, -0.2) is 0 Å². The normalized spacial score (nSPS) is 9.90. The number of rotatable bonds is 3. The summed E-state index contributed by atoms with van der Waals surface area (Å²) in [5, 5.41) is 5.43. The molecule has 0 spiro atoms. The van der Waals surface area contributed by atoms with Crippen molar-refractivity contribution < 1.29 is 9.53 Å². The van der Waals surface area contributed by atoms with Gasteiger partial charge in [0.2, 0.25) is 0 Å². The molecule has 0 rings (SSSR count). The predicted molar refractivity (Wildman–Crippen MR) is 38.8 cm³/mol. The first-order valence-electron chi connectivity index (χ1n) is 2.93. The first-order chi connectivity index (χ1) is 4.66. The molecule has 0 aromatic rings. The van der Waals surface area contributed by atoms with Crippen LogP contribution in [0, 0.1) is 0 Å². The summed E-state index contributed by atoms with van der Waals surface area (Å²) in [4.78, 5) is 10.5. The van der Waals surface area contributed by atoms with Crippen molar-refractivity contribution in [3.05, 3.63) is 0 Å². The number of ether oxygens (including phenoxy) is 1. The fraction of sp³-hybridized carbons (Fsp3) is 0.667. The first-order valence-corrected chi connectivity index (χ1v) is 2.93. The molecule has 4 heteroatoms. The zero-order valence-corrected chi connectivity index (χ0v) is 6.50. The summed E-state index contributed by atoms with van der Waals surface area (Å²) in [6, 6.07) is 0. The van der Waals surface area contributed by atoms with Crippen LogP contribution in [0.4, 0.5) is 0 Å². The molecule has 0 aliphatic rings. The summed E-state index contributed by atoms with van der Waals surface area (Å²) in [6.07, 6.45) is 1.74. The highest BCUT2D eigenvalue weighted by Gasteiger charge is 1.93. The van der Waals surface area contributed by atoms with Crippen LogP contribution in [-0.2, 0) is 9.53 Å². The molecule has 0 aliphatic carbocycles. The van der Waals surface area contributed by atoms with Gasteiger partial charge >= 0.3 is 5.97 Å². The summed E-state index contributed by atoms with van der Waals surface area (Å²) in [5.74, 6) is -0.273. The molecule has 0 radical (unpaired) electrons. The number of esters is 1. The Hall–Kier alpha value is -1.06. The highest BCUT2D eigenvalue weighted by molar-refractivity contribution is 5.85. The van der Waals surface area contributed by atoms with Gasteiger partial charge in [-0.15, -0.1) is 0 Å². The molecule has 0 unspecified atom stereocenters. The Morgan fingerprint density at radius 1 is 1.70 bits per heavy atom. The molecule has 0 fully saturated rings. The van der Waals surface area contributed by atoms with Gasteiger partial charge in [0, 0.05) is 20.3 Å². The molecule has 0 aromatic carbocycles. The predicted octanol–water partition coefficient (Wildman–Crippen LogP) is 0.0969. The maximum atomic E-state index is 10.5. The fourth-order valence-electron chi connectivity index (χ4n) is 0.362. The number of methoxy groups -OCH3 is 1. The average Bonchev–Trinajstić information content (AvgIpc) is 1.87. The Labute approximate surface area is 60.5 Å². The van der Waals surface area contributed by atoms with E-state index in [1.807, 2.05) is 0 Å². The third-order valence-corrected chi connectivity index (χ3v) is 0.798. The Kier molecular flexibility index (Phi) is 4.28. The number of hydrogen-bond acceptors (Lipinski definition) is 4. The molecule has 0 amide bonds. The number of carbonyl (C=O) groups is 1. The lowest BCUT2D eigenvalue weighted by Gasteiger charge is -2.00. The van der Waals surface area contributed by atoms with Crippen molar-refractivity contribution >= 4 is 12.2 Å². The van der Waals surface area contributed by atoms with Crippen LogP contribution in [0.3, 0.4) is 0 Å². The number of carbonyl (C=O) groups excluding carboxylic acids is 1. The van der Waals surface area contributed by atoms with Gasteiger partial charge in [0.1, 0.15) is 0 Å². The molecule has 0 N–H and O–H groups in total. The van der Waals surface area contributed by atoms with Crippen LogP contribution in [0.2, 0.25) is 0 Å². The molecule has 0 bridgehead atoms. The Morgan fingerprint density at radius 3 is 2.70 bits per heavy atom. The molecular formula is C6H12N2O2. The van der Waals surface area contributed by atoms with Crippen molar-refractivity contribution in [3.8, 4) is 0 Å². The van der Waals surface area contributed by atoms with Gasteiger partial charge in [-0.2, -0.15) is 5.10 Å². The van der Waals surface area contributed by atoms with Gasteiger partial charge in [0.25, 0.3) is 0 Å². The smallest absolute Gasteiger partial charge is 0.311 e. The molecule has 0 heterocycles. The van der Waals surface area contributed by atoms with Crippen molar-refractivity contribution in [3.63, 3.8) is 0 Å². The minimum absolute atomic E-state index is 0.231. The second-order valence-electron chi connectivity index (χ2n) is 1.93. The van der Waals surface area contributed by atoms with Crippen LogP contribution >= 0.6 is 0 Å². The third-order valence-electron chi connectivity index (χ3n) is 0.798. The zero-order chi connectivity index (χ0) is 7.98. The number of nitrogens with zero attached hydrogens (tertiary/aromatic N) is 2. The maximum absolute atomic E-state index is 10.5. The molecule has 0 saturated carbocycles. The highest BCUT2D eigenvalue weighted by atomic mass is 16.5. The van der Waals surface area contributed by atoms with Crippen molar-refractivity contribution in [2.24, 2.45) is 5.10 Å². The Bertz CT molecular complexity index is 132. The van der Waals surface area contributed by atoms with Crippen LogP contribution in [0.5, 0.6) is 0 Å². The first kappa shape index (κ1) is 8.94. The standard InChI is InChI=1S/C6H12N2O2/c1-8(2)7-5-4-6(9)10-3/h5H,4H2,1-3H3/b7-5+. The average molecular weight is 144 g/mol. The quantitative estimate of drug-likeness (QED) is 0.320. The van der Waals surface area contributed by atoms with E-state index in [4.69, 9.17) is 0 Å². The molecule has 0 saturated heterocycles. The van der Waals surface area contributed by atoms with Gasteiger partial charge in [0.15, 0.2) is 0 Å². The largest absolute Gasteiger partial charge is 0.469 e. The van der Waals surface area contributed by atoms with Gasteiger partial charge in [0.05, 0.1) is 13.5 Å². The molecule has 10 heavy (non-hydrogen) atoms. The summed E-state index contributed by atoms with van der Waals surface area (Å²) < 4.78 is 4.38. The van der Waals surface area contributed by atoms with Gasteiger partial charge in [-0.3, -0.25) is 4.79 Å². The molecule has 4 nitrogen and oxygen atoms in total. The van der Waals surface area contributed by atoms with E-state index in [0.29, 0.717) is 0 Å². The second kappa shape index (κ2) is 4.78. The van der Waals surface area contributed by atoms with Crippen molar-refractivity contribution in [2.45, 2.75) is 6.42 Å². The monoisotopic (exact) mass is 144 g/mol. The van der Waals surface area contributed by atoms with Gasteiger partial charge < -0.3 is 9.75 Å². The number of hydrazone groups is 1. The SMILES string of the molecule is COC(=O)C/C=N/N(C)C. The summed E-state index contributed by atoms with van der Waals surface area (Å²) in [5.41, 5.74) is 0. The second-order valence-corrected chi connectivity index (χ2v) is 1.93. The Morgan fingerprint density at radius 2 is 2.30 bits per heavy atom. The van der Waals surface area contributed by atoms with E-state index in [-0.39, 0.29) is 12.4 Å². The van der Waals surface area contributed by atoms with E-state index in [1.54, 1.807) is 19.1 Å². The molecule has 0 aliphatic heterocycles.